The minimum absolute atomic E-state index is 0.293. The molecule has 2 N–H and O–H groups in total. The molecule has 21 heavy (non-hydrogen) atoms. The SMILES string of the molecule is CCOP(=O)(OCC)[C@@H](N)c1ccc(O[Si](C)(C)C)cc1. The predicted molar refractivity (Wildman–Crippen MR) is 88.2 cm³/mol. The summed E-state index contributed by atoms with van der Waals surface area (Å²) in [5.74, 6) is 0.00565. The molecular weight excluding hydrogens is 305 g/mol. The Bertz CT molecular complexity index is 477. The van der Waals surface area contributed by atoms with Crippen LogP contribution in [0.3, 0.4) is 0 Å². The van der Waals surface area contributed by atoms with Crippen LogP contribution in [-0.2, 0) is 13.6 Å². The molecule has 0 bridgehead atoms. The van der Waals surface area contributed by atoms with E-state index in [4.69, 9.17) is 19.2 Å². The van der Waals surface area contributed by atoms with E-state index in [1.54, 1.807) is 13.8 Å². The van der Waals surface area contributed by atoms with Crippen molar-refractivity contribution < 1.29 is 18.0 Å². The van der Waals surface area contributed by atoms with Crippen molar-refractivity contribution in [3.63, 3.8) is 0 Å². The Hall–Kier alpha value is -0.653. The second-order valence-electron chi connectivity index (χ2n) is 5.60. The van der Waals surface area contributed by atoms with Gasteiger partial charge in [0, 0.05) is 0 Å². The molecule has 0 saturated heterocycles. The monoisotopic (exact) mass is 331 g/mol. The van der Waals surface area contributed by atoms with E-state index in [1.807, 2.05) is 24.3 Å². The molecule has 0 aliphatic rings. The van der Waals surface area contributed by atoms with Gasteiger partial charge in [0.15, 0.2) is 0 Å². The number of hydrogen-bond acceptors (Lipinski definition) is 5. The Morgan fingerprint density at radius 3 is 1.95 bits per heavy atom. The van der Waals surface area contributed by atoms with Crippen LogP contribution in [0.1, 0.15) is 25.2 Å². The first-order chi connectivity index (χ1) is 9.72. The van der Waals surface area contributed by atoms with Gasteiger partial charge in [0.05, 0.1) is 13.2 Å². The van der Waals surface area contributed by atoms with Crippen molar-refractivity contribution in [2.45, 2.75) is 39.3 Å². The van der Waals surface area contributed by atoms with Crippen molar-refractivity contribution >= 4 is 15.9 Å². The molecule has 1 aromatic carbocycles. The molecular formula is C14H26NO4PSi. The van der Waals surface area contributed by atoms with Crippen LogP contribution in [0.5, 0.6) is 5.75 Å². The highest BCUT2D eigenvalue weighted by atomic mass is 31.2. The van der Waals surface area contributed by atoms with E-state index >= 15 is 0 Å². The lowest BCUT2D eigenvalue weighted by molar-refractivity contribution is 0.212. The smallest absolute Gasteiger partial charge is 0.351 e. The van der Waals surface area contributed by atoms with Crippen molar-refractivity contribution in [1.29, 1.82) is 0 Å². The lowest BCUT2D eigenvalue weighted by Gasteiger charge is -2.24. The highest BCUT2D eigenvalue weighted by Crippen LogP contribution is 2.58. The fourth-order valence-electron chi connectivity index (χ4n) is 1.83. The van der Waals surface area contributed by atoms with Crippen LogP contribution in [0.15, 0.2) is 24.3 Å². The molecule has 0 saturated carbocycles. The first-order valence-corrected chi connectivity index (χ1v) is 12.2. The van der Waals surface area contributed by atoms with Crippen LogP contribution in [0.4, 0.5) is 0 Å². The Kier molecular flexibility index (Phi) is 6.62. The van der Waals surface area contributed by atoms with Crippen molar-refractivity contribution in [3.05, 3.63) is 29.8 Å². The molecule has 7 heteroatoms. The fraction of sp³-hybridized carbons (Fsp3) is 0.571. The molecule has 5 nitrogen and oxygen atoms in total. The van der Waals surface area contributed by atoms with Gasteiger partial charge < -0.3 is 19.2 Å². The summed E-state index contributed by atoms with van der Waals surface area (Å²) < 4.78 is 29.1. The molecule has 0 unspecified atom stereocenters. The minimum Gasteiger partial charge on any atom is -0.544 e. The molecule has 0 aromatic heterocycles. The van der Waals surface area contributed by atoms with Gasteiger partial charge in [-0.1, -0.05) is 12.1 Å². The van der Waals surface area contributed by atoms with Gasteiger partial charge in [0.1, 0.15) is 11.5 Å². The lowest BCUT2D eigenvalue weighted by Crippen LogP contribution is -2.29. The van der Waals surface area contributed by atoms with Crippen LogP contribution in [-0.4, -0.2) is 21.5 Å². The van der Waals surface area contributed by atoms with Crippen LogP contribution < -0.4 is 10.2 Å². The zero-order valence-electron chi connectivity index (χ0n) is 13.5. The molecule has 0 amide bonds. The molecule has 0 aliphatic heterocycles. The summed E-state index contributed by atoms with van der Waals surface area (Å²) in [4.78, 5) is 0. The third-order valence-corrected chi connectivity index (χ3v) is 5.67. The molecule has 0 heterocycles. The Balaban J connectivity index is 2.91. The molecule has 120 valence electrons. The van der Waals surface area contributed by atoms with Gasteiger partial charge in [-0.2, -0.15) is 0 Å². The van der Waals surface area contributed by atoms with Crippen molar-refractivity contribution in [2.75, 3.05) is 13.2 Å². The highest BCUT2D eigenvalue weighted by molar-refractivity contribution is 7.54. The minimum atomic E-state index is -3.34. The van der Waals surface area contributed by atoms with E-state index in [9.17, 15) is 4.57 Å². The maximum Gasteiger partial charge on any atom is 0.351 e. The lowest BCUT2D eigenvalue weighted by atomic mass is 10.2. The molecule has 0 aliphatic carbocycles. The predicted octanol–water partition coefficient (Wildman–Crippen LogP) is 4.12. The number of rotatable bonds is 8. The first-order valence-electron chi connectivity index (χ1n) is 7.15. The normalized spacial score (nSPS) is 14.0. The van der Waals surface area contributed by atoms with Crippen LogP contribution in [0.2, 0.25) is 19.6 Å². The highest BCUT2D eigenvalue weighted by Gasteiger charge is 2.33. The largest absolute Gasteiger partial charge is 0.544 e. The van der Waals surface area contributed by atoms with Gasteiger partial charge in [-0.15, -0.1) is 0 Å². The summed E-state index contributed by atoms with van der Waals surface area (Å²) in [7, 11) is -4.98. The van der Waals surface area contributed by atoms with E-state index < -0.39 is 21.7 Å². The first kappa shape index (κ1) is 18.4. The number of nitrogens with two attached hydrogens (primary N) is 1. The van der Waals surface area contributed by atoms with Gasteiger partial charge in [0.2, 0.25) is 8.32 Å². The molecule has 0 fully saturated rings. The van der Waals surface area contributed by atoms with E-state index in [0.717, 1.165) is 5.75 Å². The number of benzene rings is 1. The Morgan fingerprint density at radius 2 is 1.57 bits per heavy atom. The average Bonchev–Trinajstić information content (AvgIpc) is 2.37. The van der Waals surface area contributed by atoms with Crippen molar-refractivity contribution in [1.82, 2.24) is 0 Å². The van der Waals surface area contributed by atoms with Gasteiger partial charge in [-0.25, -0.2) is 0 Å². The summed E-state index contributed by atoms with van der Waals surface area (Å²) in [5.41, 5.74) is 6.79. The fourth-order valence-corrected chi connectivity index (χ4v) is 4.32. The summed E-state index contributed by atoms with van der Waals surface area (Å²) in [6, 6.07) is 7.31. The van der Waals surface area contributed by atoms with Crippen LogP contribution in [0, 0.1) is 0 Å². The van der Waals surface area contributed by atoms with Gasteiger partial charge in [-0.3, -0.25) is 4.57 Å². The molecule has 1 rings (SSSR count). The van der Waals surface area contributed by atoms with E-state index in [2.05, 4.69) is 19.6 Å². The summed E-state index contributed by atoms with van der Waals surface area (Å²) >= 11 is 0. The summed E-state index contributed by atoms with van der Waals surface area (Å²) in [6.07, 6.45) is 0. The van der Waals surface area contributed by atoms with E-state index in [0.29, 0.717) is 18.8 Å². The van der Waals surface area contributed by atoms with Gasteiger partial charge >= 0.3 is 7.60 Å². The zero-order valence-corrected chi connectivity index (χ0v) is 15.4. The molecule has 1 aromatic rings. The summed E-state index contributed by atoms with van der Waals surface area (Å²) in [6.45, 7) is 10.5. The third-order valence-electron chi connectivity index (χ3n) is 2.60. The topological polar surface area (TPSA) is 70.8 Å². The number of hydrogen-bond donors (Lipinski definition) is 1. The average molecular weight is 331 g/mol. The summed E-state index contributed by atoms with van der Waals surface area (Å²) in [5, 5.41) is 0. The van der Waals surface area contributed by atoms with Gasteiger partial charge in [0.25, 0.3) is 0 Å². The molecule has 0 spiro atoms. The zero-order chi connectivity index (χ0) is 16.1. The second-order valence-corrected chi connectivity index (χ2v) is 12.2. The third kappa shape index (κ3) is 5.56. The van der Waals surface area contributed by atoms with Crippen molar-refractivity contribution in [2.24, 2.45) is 5.73 Å². The quantitative estimate of drug-likeness (QED) is 0.573. The Morgan fingerprint density at radius 1 is 1.10 bits per heavy atom. The standard InChI is InChI=1S/C14H26NO4PSi/c1-6-17-20(16,18-7-2)14(15)12-8-10-13(11-9-12)19-21(3,4)5/h8-11,14H,6-7,15H2,1-5H3/t14-/m1/s1. The second kappa shape index (κ2) is 7.56. The van der Waals surface area contributed by atoms with Gasteiger partial charge in [-0.05, 0) is 51.2 Å². The molecule has 0 radical (unpaired) electrons. The molecule has 1 atom stereocenters. The van der Waals surface area contributed by atoms with Crippen molar-refractivity contribution in [3.8, 4) is 5.75 Å². The van der Waals surface area contributed by atoms with Crippen LogP contribution in [0.25, 0.3) is 0 Å². The maximum absolute atomic E-state index is 12.6. The van der Waals surface area contributed by atoms with Crippen LogP contribution >= 0.6 is 7.60 Å². The maximum atomic E-state index is 12.6. The van der Waals surface area contributed by atoms with E-state index in [-0.39, 0.29) is 0 Å². The van der Waals surface area contributed by atoms with E-state index in [1.165, 1.54) is 0 Å². The Labute approximate surface area is 128 Å².